The average molecular weight is 417 g/mol. The molecule has 29 heavy (non-hydrogen) atoms. The van der Waals surface area contributed by atoms with Crippen LogP contribution in [0.25, 0.3) is 5.69 Å². The van der Waals surface area contributed by atoms with E-state index >= 15 is 0 Å². The Bertz CT molecular complexity index is 1100. The molecule has 2 aromatic carbocycles. The zero-order valence-corrected chi connectivity index (χ0v) is 16.6. The van der Waals surface area contributed by atoms with Crippen molar-refractivity contribution in [2.45, 2.75) is 11.0 Å². The van der Waals surface area contributed by atoms with Gasteiger partial charge in [0.25, 0.3) is 0 Å². The fourth-order valence-corrected chi connectivity index (χ4v) is 4.22. The monoisotopic (exact) mass is 417 g/mol. The van der Waals surface area contributed by atoms with Gasteiger partial charge in [-0.3, -0.25) is 0 Å². The highest BCUT2D eigenvalue weighted by atomic mass is 32.2. The number of benzene rings is 2. The minimum absolute atomic E-state index is 0.0887. The number of ether oxygens (including phenoxy) is 3. The van der Waals surface area contributed by atoms with E-state index in [0.29, 0.717) is 22.9 Å². The first kappa shape index (κ1) is 19.2. The van der Waals surface area contributed by atoms with Gasteiger partial charge in [-0.05, 0) is 34.7 Å². The van der Waals surface area contributed by atoms with Crippen molar-refractivity contribution < 1.29 is 22.6 Å². The van der Waals surface area contributed by atoms with Crippen molar-refractivity contribution in [2.75, 3.05) is 27.3 Å². The molecule has 0 saturated carbocycles. The molecule has 3 aromatic rings. The number of tetrazole rings is 1. The van der Waals surface area contributed by atoms with E-state index in [1.165, 1.54) is 41.6 Å². The molecular weight excluding hydrogens is 398 g/mol. The lowest BCUT2D eigenvalue weighted by Gasteiger charge is -2.29. The van der Waals surface area contributed by atoms with Crippen molar-refractivity contribution in [3.05, 3.63) is 48.8 Å². The molecule has 11 heteroatoms. The van der Waals surface area contributed by atoms with Gasteiger partial charge in [-0.15, -0.1) is 5.10 Å². The van der Waals surface area contributed by atoms with Crippen LogP contribution in [-0.2, 0) is 10.0 Å². The highest BCUT2D eigenvalue weighted by molar-refractivity contribution is 7.89. The second-order valence-electron chi connectivity index (χ2n) is 6.37. The number of aromatic nitrogens is 4. The summed E-state index contributed by atoms with van der Waals surface area (Å²) < 4.78 is 45.6. The van der Waals surface area contributed by atoms with Gasteiger partial charge in [0, 0.05) is 13.1 Å². The molecule has 0 fully saturated rings. The Kier molecular flexibility index (Phi) is 5.07. The van der Waals surface area contributed by atoms with E-state index in [9.17, 15) is 8.42 Å². The number of para-hydroxylation sites is 2. The molecule has 0 aliphatic carbocycles. The summed E-state index contributed by atoms with van der Waals surface area (Å²) in [6.45, 7) is 0.395. The van der Waals surface area contributed by atoms with Crippen LogP contribution in [0.1, 0.15) is 0 Å². The smallest absolute Gasteiger partial charge is 0.243 e. The summed E-state index contributed by atoms with van der Waals surface area (Å²) in [5, 5.41) is 11.0. The maximum absolute atomic E-state index is 13.0. The van der Waals surface area contributed by atoms with E-state index < -0.39 is 16.1 Å². The molecule has 1 aliphatic rings. The van der Waals surface area contributed by atoms with Gasteiger partial charge in [-0.1, -0.05) is 12.1 Å². The number of hydrogen-bond acceptors (Lipinski definition) is 8. The van der Waals surface area contributed by atoms with Gasteiger partial charge >= 0.3 is 0 Å². The second-order valence-corrected chi connectivity index (χ2v) is 8.42. The minimum atomic E-state index is -3.78. The molecule has 1 aromatic heterocycles. The SMILES string of the molecule is COc1cc(S(=O)(=O)N(C)C[C@@H]2COc3ccccc3O2)ccc1-n1cnnn1. The lowest BCUT2D eigenvalue weighted by molar-refractivity contribution is 0.0798. The zero-order chi connectivity index (χ0) is 20.4. The van der Waals surface area contributed by atoms with Crippen molar-refractivity contribution in [3.63, 3.8) is 0 Å². The highest BCUT2D eigenvalue weighted by Crippen LogP contribution is 2.32. The van der Waals surface area contributed by atoms with E-state index in [4.69, 9.17) is 14.2 Å². The van der Waals surface area contributed by atoms with Crippen LogP contribution in [0.15, 0.2) is 53.7 Å². The Morgan fingerprint density at radius 3 is 2.76 bits per heavy atom. The zero-order valence-electron chi connectivity index (χ0n) is 15.8. The lowest BCUT2D eigenvalue weighted by atomic mass is 10.2. The van der Waals surface area contributed by atoms with Crippen LogP contribution in [0.4, 0.5) is 0 Å². The van der Waals surface area contributed by atoms with E-state index in [0.717, 1.165) is 0 Å². The fourth-order valence-electron chi connectivity index (χ4n) is 3.00. The summed E-state index contributed by atoms with van der Waals surface area (Å²) in [6.07, 6.45) is 0.975. The molecule has 1 aliphatic heterocycles. The van der Waals surface area contributed by atoms with Crippen molar-refractivity contribution in [1.82, 2.24) is 24.5 Å². The van der Waals surface area contributed by atoms with Gasteiger partial charge in [-0.2, -0.15) is 8.99 Å². The number of fused-ring (bicyclic) bond motifs is 1. The van der Waals surface area contributed by atoms with Crippen LogP contribution in [0, 0.1) is 0 Å². The first-order chi connectivity index (χ1) is 14.0. The quantitative estimate of drug-likeness (QED) is 0.587. The predicted octanol–water partition coefficient (Wildman–Crippen LogP) is 1.13. The maximum atomic E-state index is 13.0. The summed E-state index contributed by atoms with van der Waals surface area (Å²) in [5.41, 5.74) is 0.528. The third-order valence-corrected chi connectivity index (χ3v) is 6.30. The van der Waals surface area contributed by atoms with E-state index in [1.54, 1.807) is 12.1 Å². The van der Waals surface area contributed by atoms with Gasteiger partial charge in [0.1, 0.15) is 30.5 Å². The maximum Gasteiger partial charge on any atom is 0.243 e. The molecule has 2 heterocycles. The molecule has 0 N–H and O–H groups in total. The Morgan fingerprint density at radius 1 is 1.24 bits per heavy atom. The molecule has 1 atom stereocenters. The Morgan fingerprint density at radius 2 is 2.03 bits per heavy atom. The summed E-state index contributed by atoms with van der Waals surface area (Å²) in [4.78, 5) is 0.0887. The summed E-state index contributed by atoms with van der Waals surface area (Å²) in [7, 11) is -0.824. The third-order valence-electron chi connectivity index (χ3n) is 4.48. The van der Waals surface area contributed by atoms with E-state index in [1.807, 2.05) is 18.2 Å². The Balaban J connectivity index is 1.53. The number of hydrogen-bond donors (Lipinski definition) is 0. The second kappa shape index (κ2) is 7.68. The molecule has 10 nitrogen and oxygen atoms in total. The largest absolute Gasteiger partial charge is 0.494 e. The van der Waals surface area contributed by atoms with Crippen LogP contribution >= 0.6 is 0 Å². The first-order valence-corrected chi connectivity index (χ1v) is 10.2. The fraction of sp³-hybridized carbons (Fsp3) is 0.278. The molecule has 0 bridgehead atoms. The van der Waals surface area contributed by atoms with Gasteiger partial charge in [0.05, 0.1) is 18.6 Å². The molecule has 0 unspecified atom stereocenters. The molecule has 0 radical (unpaired) electrons. The number of nitrogens with zero attached hydrogens (tertiary/aromatic N) is 5. The van der Waals surface area contributed by atoms with Crippen LogP contribution in [-0.4, -0.2) is 66.3 Å². The Hall–Kier alpha value is -3.18. The van der Waals surface area contributed by atoms with Crippen molar-refractivity contribution in [2.24, 2.45) is 0 Å². The van der Waals surface area contributed by atoms with Crippen LogP contribution < -0.4 is 14.2 Å². The number of rotatable bonds is 6. The van der Waals surface area contributed by atoms with E-state index in [2.05, 4.69) is 15.5 Å². The van der Waals surface area contributed by atoms with Crippen LogP contribution in [0.2, 0.25) is 0 Å². The molecule has 0 saturated heterocycles. The Labute approximate surface area is 167 Å². The summed E-state index contributed by atoms with van der Waals surface area (Å²) >= 11 is 0. The van der Waals surface area contributed by atoms with Gasteiger partial charge in [0.2, 0.25) is 10.0 Å². The third kappa shape index (κ3) is 3.74. The van der Waals surface area contributed by atoms with E-state index in [-0.39, 0.29) is 18.0 Å². The number of likely N-dealkylation sites (N-methyl/N-ethyl adjacent to an activating group) is 1. The molecule has 152 valence electrons. The van der Waals surface area contributed by atoms with Crippen LogP contribution in [0.3, 0.4) is 0 Å². The lowest BCUT2D eigenvalue weighted by Crippen LogP contribution is -2.41. The molecule has 0 spiro atoms. The highest BCUT2D eigenvalue weighted by Gasteiger charge is 2.28. The summed E-state index contributed by atoms with van der Waals surface area (Å²) in [5.74, 6) is 1.58. The van der Waals surface area contributed by atoms with Gasteiger partial charge < -0.3 is 14.2 Å². The molecular formula is C18H19N5O5S. The first-order valence-electron chi connectivity index (χ1n) is 8.75. The molecule has 0 amide bonds. The summed E-state index contributed by atoms with van der Waals surface area (Å²) in [6, 6.07) is 11.8. The normalized spacial score (nSPS) is 16.0. The average Bonchev–Trinajstić information content (AvgIpc) is 3.27. The predicted molar refractivity (Wildman–Crippen MR) is 102 cm³/mol. The topological polar surface area (TPSA) is 109 Å². The number of sulfonamides is 1. The van der Waals surface area contributed by atoms with Crippen LogP contribution in [0.5, 0.6) is 17.2 Å². The van der Waals surface area contributed by atoms with Crippen molar-refractivity contribution in [3.8, 4) is 22.9 Å². The van der Waals surface area contributed by atoms with Gasteiger partial charge in [-0.25, -0.2) is 8.42 Å². The molecule has 4 rings (SSSR count). The van der Waals surface area contributed by atoms with Crippen molar-refractivity contribution >= 4 is 10.0 Å². The van der Waals surface area contributed by atoms with Crippen molar-refractivity contribution in [1.29, 1.82) is 0 Å². The minimum Gasteiger partial charge on any atom is -0.494 e. The number of methoxy groups -OCH3 is 1. The standard InChI is InChI=1S/C18H19N5O5S/c1-22(10-13-11-27-16-5-3-4-6-17(16)28-13)29(24,25)14-7-8-15(18(9-14)26-2)23-12-19-20-21-23/h3-9,12-13H,10-11H2,1-2H3/t13-/m1/s1. The van der Waals surface area contributed by atoms with Gasteiger partial charge in [0.15, 0.2) is 11.5 Å².